The molecule has 3 aromatic rings. The number of carbonyl (C=O) groups is 1. The van der Waals surface area contributed by atoms with Crippen LogP contribution in [0.1, 0.15) is 35.4 Å². The van der Waals surface area contributed by atoms with E-state index < -0.39 is 0 Å². The highest BCUT2D eigenvalue weighted by molar-refractivity contribution is 7.20. The number of thiophene rings is 1. The van der Waals surface area contributed by atoms with Gasteiger partial charge in [0.05, 0.1) is 10.3 Å². The van der Waals surface area contributed by atoms with Gasteiger partial charge in [-0.3, -0.25) is 14.0 Å². The van der Waals surface area contributed by atoms with E-state index >= 15 is 0 Å². The number of rotatable bonds is 1. The summed E-state index contributed by atoms with van der Waals surface area (Å²) in [6, 6.07) is 7.17. The summed E-state index contributed by atoms with van der Waals surface area (Å²) in [5.41, 5.74) is 0.498. The average Bonchev–Trinajstić information content (AvgIpc) is 2.81. The lowest BCUT2D eigenvalue weighted by Gasteiger charge is -2.19. The lowest BCUT2D eigenvalue weighted by Crippen LogP contribution is -2.31. The Morgan fingerprint density at radius 3 is 2.70 bits per heavy atom. The van der Waals surface area contributed by atoms with Crippen LogP contribution in [0.2, 0.25) is 0 Å². The van der Waals surface area contributed by atoms with Crippen molar-refractivity contribution in [3.05, 3.63) is 45.7 Å². The summed E-state index contributed by atoms with van der Waals surface area (Å²) in [6.45, 7) is 1.61. The van der Waals surface area contributed by atoms with Crippen LogP contribution in [-0.2, 0) is 0 Å². The van der Waals surface area contributed by atoms with E-state index in [2.05, 4.69) is 4.98 Å². The molecule has 0 unspecified atom stereocenters. The first-order valence-corrected chi connectivity index (χ1v) is 8.76. The van der Waals surface area contributed by atoms with E-state index in [0.29, 0.717) is 20.7 Å². The molecule has 0 radical (unpaired) electrons. The molecule has 4 rings (SSSR count). The molecule has 4 heterocycles. The normalized spacial score (nSPS) is 15.9. The number of hydrogen-bond acceptors (Lipinski definition) is 4. The molecule has 1 saturated heterocycles. The second-order valence-corrected chi connectivity index (χ2v) is 6.91. The number of aromatic nitrogens is 2. The van der Waals surface area contributed by atoms with Crippen molar-refractivity contribution in [1.29, 1.82) is 0 Å². The zero-order chi connectivity index (χ0) is 15.8. The van der Waals surface area contributed by atoms with Gasteiger partial charge in [-0.2, -0.15) is 0 Å². The Labute approximate surface area is 137 Å². The predicted octanol–water partition coefficient (Wildman–Crippen LogP) is 2.93. The van der Waals surface area contributed by atoms with Crippen molar-refractivity contribution in [2.24, 2.45) is 0 Å². The molecule has 0 saturated carbocycles. The quantitative estimate of drug-likeness (QED) is 0.690. The van der Waals surface area contributed by atoms with E-state index in [1.807, 2.05) is 11.0 Å². The van der Waals surface area contributed by atoms with Crippen molar-refractivity contribution in [1.82, 2.24) is 14.3 Å². The maximum absolute atomic E-state index is 12.7. The highest BCUT2D eigenvalue weighted by atomic mass is 32.1. The fraction of sp³-hybridized carbons (Fsp3) is 0.353. The topological polar surface area (TPSA) is 54.7 Å². The van der Waals surface area contributed by atoms with Crippen LogP contribution in [0.3, 0.4) is 0 Å². The third-order valence-electron chi connectivity index (χ3n) is 4.32. The van der Waals surface area contributed by atoms with Crippen LogP contribution in [0.25, 0.3) is 15.9 Å². The van der Waals surface area contributed by atoms with Gasteiger partial charge < -0.3 is 4.90 Å². The molecule has 0 atom stereocenters. The molecule has 5 nitrogen and oxygen atoms in total. The Hall–Kier alpha value is -2.21. The fourth-order valence-electron chi connectivity index (χ4n) is 3.08. The lowest BCUT2D eigenvalue weighted by molar-refractivity contribution is 0.0766. The number of amides is 1. The molecule has 118 valence electrons. The summed E-state index contributed by atoms with van der Waals surface area (Å²) in [6.07, 6.45) is 6.19. The van der Waals surface area contributed by atoms with Gasteiger partial charge in [0.15, 0.2) is 0 Å². The minimum absolute atomic E-state index is 0.0309. The van der Waals surface area contributed by atoms with Crippen LogP contribution in [0, 0.1) is 0 Å². The summed E-state index contributed by atoms with van der Waals surface area (Å²) in [4.78, 5) is 33.0. The monoisotopic (exact) mass is 327 g/mol. The van der Waals surface area contributed by atoms with Gasteiger partial charge in [0.25, 0.3) is 11.5 Å². The molecule has 1 aliphatic rings. The van der Waals surface area contributed by atoms with Crippen LogP contribution >= 0.6 is 11.3 Å². The summed E-state index contributed by atoms with van der Waals surface area (Å²) in [5.74, 6) is 0.0309. The van der Waals surface area contributed by atoms with E-state index in [0.717, 1.165) is 25.9 Å². The maximum Gasteiger partial charge on any atom is 0.266 e. The van der Waals surface area contributed by atoms with Crippen LogP contribution < -0.4 is 5.56 Å². The number of carbonyl (C=O) groups excluding carboxylic acids is 1. The van der Waals surface area contributed by atoms with Crippen molar-refractivity contribution in [2.75, 3.05) is 13.1 Å². The van der Waals surface area contributed by atoms with E-state index in [4.69, 9.17) is 0 Å². The lowest BCUT2D eigenvalue weighted by atomic mass is 10.2. The minimum Gasteiger partial charge on any atom is -0.338 e. The molecule has 0 aliphatic carbocycles. The van der Waals surface area contributed by atoms with Crippen molar-refractivity contribution in [3.8, 4) is 0 Å². The zero-order valence-corrected chi connectivity index (χ0v) is 13.5. The van der Waals surface area contributed by atoms with Crippen LogP contribution in [-0.4, -0.2) is 33.3 Å². The van der Waals surface area contributed by atoms with Gasteiger partial charge in [0.2, 0.25) is 0 Å². The van der Waals surface area contributed by atoms with Crippen molar-refractivity contribution in [3.63, 3.8) is 0 Å². The predicted molar refractivity (Wildman–Crippen MR) is 91.2 cm³/mol. The number of likely N-dealkylation sites (tertiary alicyclic amines) is 1. The van der Waals surface area contributed by atoms with Gasteiger partial charge in [-0.05, 0) is 31.0 Å². The van der Waals surface area contributed by atoms with E-state index in [-0.39, 0.29) is 11.5 Å². The molecule has 0 spiro atoms. The molecule has 0 N–H and O–H groups in total. The van der Waals surface area contributed by atoms with Gasteiger partial charge in [0, 0.05) is 19.3 Å². The first-order chi connectivity index (χ1) is 11.2. The molecule has 23 heavy (non-hydrogen) atoms. The fourth-order valence-corrected chi connectivity index (χ4v) is 4.08. The largest absolute Gasteiger partial charge is 0.338 e. The van der Waals surface area contributed by atoms with E-state index in [1.54, 1.807) is 24.4 Å². The highest BCUT2D eigenvalue weighted by Crippen LogP contribution is 2.24. The zero-order valence-electron chi connectivity index (χ0n) is 12.7. The van der Waals surface area contributed by atoms with Crippen molar-refractivity contribution < 1.29 is 4.79 Å². The summed E-state index contributed by atoms with van der Waals surface area (Å²) >= 11 is 1.32. The highest BCUT2D eigenvalue weighted by Gasteiger charge is 2.21. The number of fused-ring (bicyclic) bond motifs is 2. The molecule has 6 heteroatoms. The Kier molecular flexibility index (Phi) is 3.61. The second kappa shape index (κ2) is 5.77. The molecular formula is C17H17N3O2S. The van der Waals surface area contributed by atoms with Crippen LogP contribution in [0.5, 0.6) is 0 Å². The summed E-state index contributed by atoms with van der Waals surface area (Å²) in [5, 5.41) is 0.525. The standard InChI is InChI=1S/C17H17N3O2S/c21-16-12-11-13(17(22)19-8-4-1-2-5-9-19)23-15(12)18-14-7-3-6-10-20(14)16/h3,6-7,10-11H,1-2,4-5,8-9H2. The minimum atomic E-state index is -0.114. The average molecular weight is 327 g/mol. The number of pyridine rings is 1. The van der Waals surface area contributed by atoms with Gasteiger partial charge in [0.1, 0.15) is 10.5 Å². The van der Waals surface area contributed by atoms with Crippen LogP contribution in [0.4, 0.5) is 0 Å². The summed E-state index contributed by atoms with van der Waals surface area (Å²) < 4.78 is 1.52. The van der Waals surface area contributed by atoms with Crippen molar-refractivity contribution >= 4 is 33.1 Å². The molecular weight excluding hydrogens is 310 g/mol. The first-order valence-electron chi connectivity index (χ1n) is 7.94. The Morgan fingerprint density at radius 1 is 1.13 bits per heavy atom. The SMILES string of the molecule is O=C(c1cc2c(=O)n3ccccc3nc2s1)N1CCCCCC1. The number of hydrogen-bond donors (Lipinski definition) is 0. The van der Waals surface area contributed by atoms with Crippen molar-refractivity contribution in [2.45, 2.75) is 25.7 Å². The van der Waals surface area contributed by atoms with E-state index in [1.165, 1.54) is 28.6 Å². The smallest absolute Gasteiger partial charge is 0.266 e. The maximum atomic E-state index is 12.7. The molecule has 0 bridgehead atoms. The second-order valence-electron chi connectivity index (χ2n) is 5.88. The van der Waals surface area contributed by atoms with Crippen LogP contribution in [0.15, 0.2) is 35.3 Å². The molecule has 1 aliphatic heterocycles. The third kappa shape index (κ3) is 2.53. The molecule has 0 aromatic carbocycles. The molecule has 1 amide bonds. The third-order valence-corrected chi connectivity index (χ3v) is 5.34. The van der Waals surface area contributed by atoms with Gasteiger partial charge >= 0.3 is 0 Å². The Balaban J connectivity index is 1.79. The number of nitrogens with zero attached hydrogens (tertiary/aromatic N) is 3. The van der Waals surface area contributed by atoms with Gasteiger partial charge in [-0.25, -0.2) is 4.98 Å². The van der Waals surface area contributed by atoms with E-state index in [9.17, 15) is 9.59 Å². The molecule has 1 fully saturated rings. The Morgan fingerprint density at radius 2 is 1.91 bits per heavy atom. The molecule has 3 aromatic heterocycles. The Bertz CT molecular complexity index is 936. The first kappa shape index (κ1) is 14.4. The van der Waals surface area contributed by atoms with Gasteiger partial charge in [-0.1, -0.05) is 18.9 Å². The summed E-state index contributed by atoms with van der Waals surface area (Å²) in [7, 11) is 0. The van der Waals surface area contributed by atoms with Gasteiger partial charge in [-0.15, -0.1) is 11.3 Å².